The van der Waals surface area contributed by atoms with Crippen LogP contribution in [0.1, 0.15) is 33.3 Å². The molecule has 0 atom stereocenters. The van der Waals surface area contributed by atoms with Crippen LogP contribution >= 0.6 is 0 Å². The summed E-state index contributed by atoms with van der Waals surface area (Å²) in [5.74, 6) is -0.242. The maximum absolute atomic E-state index is 10.4. The van der Waals surface area contributed by atoms with Crippen LogP contribution in [-0.4, -0.2) is 30.5 Å². The van der Waals surface area contributed by atoms with Gasteiger partial charge < -0.3 is 9.64 Å². The number of esters is 1. The highest BCUT2D eigenvalue weighted by Crippen LogP contribution is 1.99. The fourth-order valence-corrected chi connectivity index (χ4v) is 1.43. The van der Waals surface area contributed by atoms with Crippen LogP contribution in [0.3, 0.4) is 0 Å². The van der Waals surface area contributed by atoms with Crippen LogP contribution in [0.5, 0.6) is 0 Å². The van der Waals surface area contributed by atoms with E-state index in [1.807, 2.05) is 30.3 Å². The molecule has 0 N–H and O–H groups in total. The average Bonchev–Trinajstić information content (AvgIpc) is 2.40. The van der Waals surface area contributed by atoms with Crippen molar-refractivity contribution < 1.29 is 9.53 Å². The van der Waals surface area contributed by atoms with Crippen LogP contribution < -0.4 is 0 Å². The van der Waals surface area contributed by atoms with E-state index in [0.29, 0.717) is 6.61 Å². The highest BCUT2D eigenvalue weighted by molar-refractivity contribution is 5.65. The highest BCUT2D eigenvalue weighted by Gasteiger charge is 1.93. The van der Waals surface area contributed by atoms with E-state index in [9.17, 15) is 4.79 Å². The van der Waals surface area contributed by atoms with Crippen molar-refractivity contribution in [2.45, 2.75) is 34.3 Å². The molecule has 0 fully saturated rings. The molecule has 1 aromatic rings. The van der Waals surface area contributed by atoms with Crippen LogP contribution in [-0.2, 0) is 16.1 Å². The first-order valence-electron chi connectivity index (χ1n) is 6.53. The number of carbonyl (C=O) groups excluding carboxylic acids is 1. The van der Waals surface area contributed by atoms with Gasteiger partial charge in [-0.3, -0.25) is 4.79 Å². The SMILES string of the molecule is CC(=O)OCc1ccccc1.CCN(CC)CC. The molecular formula is C15H25NO2. The van der Waals surface area contributed by atoms with Gasteiger partial charge in [-0.25, -0.2) is 0 Å². The summed E-state index contributed by atoms with van der Waals surface area (Å²) in [5.41, 5.74) is 1.02. The number of hydrogen-bond donors (Lipinski definition) is 0. The summed E-state index contributed by atoms with van der Waals surface area (Å²) in [5, 5.41) is 0. The van der Waals surface area contributed by atoms with E-state index in [2.05, 4.69) is 25.7 Å². The Bertz CT molecular complexity index is 302. The number of carbonyl (C=O) groups is 1. The van der Waals surface area contributed by atoms with Crippen molar-refractivity contribution in [2.75, 3.05) is 19.6 Å². The fraction of sp³-hybridized carbons (Fsp3) is 0.533. The van der Waals surface area contributed by atoms with Crippen molar-refractivity contribution >= 4 is 5.97 Å². The Morgan fingerprint density at radius 2 is 1.56 bits per heavy atom. The zero-order valence-electron chi connectivity index (χ0n) is 12.0. The molecule has 0 aromatic heterocycles. The Kier molecular flexibility index (Phi) is 9.97. The summed E-state index contributed by atoms with van der Waals surface area (Å²) in [6, 6.07) is 9.60. The molecule has 0 unspecified atom stereocenters. The summed E-state index contributed by atoms with van der Waals surface area (Å²) in [6.07, 6.45) is 0. The molecule has 0 amide bonds. The van der Waals surface area contributed by atoms with Gasteiger partial charge in [0.05, 0.1) is 0 Å². The van der Waals surface area contributed by atoms with Gasteiger partial charge >= 0.3 is 5.97 Å². The number of ether oxygens (including phenoxy) is 1. The molecule has 0 saturated carbocycles. The minimum absolute atomic E-state index is 0.242. The lowest BCUT2D eigenvalue weighted by molar-refractivity contribution is -0.142. The van der Waals surface area contributed by atoms with E-state index >= 15 is 0 Å². The molecule has 0 saturated heterocycles. The van der Waals surface area contributed by atoms with E-state index in [-0.39, 0.29) is 5.97 Å². The average molecular weight is 251 g/mol. The van der Waals surface area contributed by atoms with Crippen LogP contribution in [0, 0.1) is 0 Å². The Morgan fingerprint density at radius 1 is 1.06 bits per heavy atom. The van der Waals surface area contributed by atoms with E-state index in [1.165, 1.54) is 26.6 Å². The summed E-state index contributed by atoms with van der Waals surface area (Å²) in [7, 11) is 0. The second kappa shape index (κ2) is 10.8. The fourth-order valence-electron chi connectivity index (χ4n) is 1.43. The van der Waals surface area contributed by atoms with Gasteiger partial charge in [-0.15, -0.1) is 0 Å². The third-order valence-corrected chi connectivity index (χ3v) is 2.63. The molecule has 0 bridgehead atoms. The van der Waals surface area contributed by atoms with Crippen LogP contribution in [0.2, 0.25) is 0 Å². The molecule has 3 nitrogen and oxygen atoms in total. The summed E-state index contributed by atoms with van der Waals surface area (Å²) in [4.78, 5) is 12.8. The van der Waals surface area contributed by atoms with Gasteiger partial charge in [0, 0.05) is 6.92 Å². The van der Waals surface area contributed by atoms with E-state index in [0.717, 1.165) is 5.56 Å². The van der Waals surface area contributed by atoms with E-state index in [4.69, 9.17) is 4.74 Å². The quantitative estimate of drug-likeness (QED) is 0.753. The second-order valence-corrected chi connectivity index (χ2v) is 3.89. The van der Waals surface area contributed by atoms with Crippen LogP contribution in [0.4, 0.5) is 0 Å². The molecular weight excluding hydrogens is 226 g/mol. The number of benzene rings is 1. The normalized spacial score (nSPS) is 9.61. The smallest absolute Gasteiger partial charge is 0.302 e. The molecule has 1 rings (SSSR count). The van der Waals surface area contributed by atoms with E-state index < -0.39 is 0 Å². The lowest BCUT2D eigenvalue weighted by Gasteiger charge is -2.13. The zero-order valence-corrected chi connectivity index (χ0v) is 12.0. The molecule has 0 heterocycles. The third-order valence-electron chi connectivity index (χ3n) is 2.63. The van der Waals surface area contributed by atoms with Gasteiger partial charge in [0.15, 0.2) is 0 Å². The van der Waals surface area contributed by atoms with Gasteiger partial charge in [0.2, 0.25) is 0 Å². The van der Waals surface area contributed by atoms with Crippen molar-refractivity contribution in [2.24, 2.45) is 0 Å². The predicted octanol–water partition coefficient (Wildman–Crippen LogP) is 3.10. The first-order chi connectivity index (χ1) is 8.63. The maximum atomic E-state index is 10.4. The molecule has 0 spiro atoms. The van der Waals surface area contributed by atoms with Crippen molar-refractivity contribution in [1.29, 1.82) is 0 Å². The van der Waals surface area contributed by atoms with Gasteiger partial charge in [0.25, 0.3) is 0 Å². The van der Waals surface area contributed by atoms with Crippen LogP contribution in [0.15, 0.2) is 30.3 Å². The third kappa shape index (κ3) is 8.76. The lowest BCUT2D eigenvalue weighted by atomic mass is 10.2. The summed E-state index contributed by atoms with van der Waals surface area (Å²) in [6.45, 7) is 11.9. The molecule has 0 aliphatic carbocycles. The lowest BCUT2D eigenvalue weighted by Crippen LogP contribution is -2.21. The largest absolute Gasteiger partial charge is 0.461 e. The second-order valence-electron chi connectivity index (χ2n) is 3.89. The first-order valence-corrected chi connectivity index (χ1v) is 6.53. The topological polar surface area (TPSA) is 29.5 Å². The summed E-state index contributed by atoms with van der Waals surface area (Å²) < 4.78 is 4.79. The molecule has 1 aromatic carbocycles. The van der Waals surface area contributed by atoms with Crippen molar-refractivity contribution in [3.05, 3.63) is 35.9 Å². The Balaban J connectivity index is 0.000000360. The molecule has 18 heavy (non-hydrogen) atoms. The number of nitrogens with zero attached hydrogens (tertiary/aromatic N) is 1. The Hall–Kier alpha value is -1.35. The minimum atomic E-state index is -0.242. The Labute approximate surface area is 111 Å². The summed E-state index contributed by atoms with van der Waals surface area (Å²) >= 11 is 0. The minimum Gasteiger partial charge on any atom is -0.461 e. The van der Waals surface area contributed by atoms with Gasteiger partial charge in [-0.1, -0.05) is 51.1 Å². The molecule has 0 aliphatic rings. The van der Waals surface area contributed by atoms with Gasteiger partial charge in [0.1, 0.15) is 6.61 Å². The maximum Gasteiger partial charge on any atom is 0.302 e. The number of hydrogen-bond acceptors (Lipinski definition) is 3. The van der Waals surface area contributed by atoms with Gasteiger partial charge in [-0.2, -0.15) is 0 Å². The highest BCUT2D eigenvalue weighted by atomic mass is 16.5. The zero-order chi connectivity index (χ0) is 13.8. The standard InChI is InChI=1S/C9H10O2.C6H15N/c1-8(10)11-7-9-5-3-2-4-6-9;1-4-7(5-2)6-3/h2-6H,7H2,1H3;4-6H2,1-3H3. The van der Waals surface area contributed by atoms with Gasteiger partial charge in [-0.05, 0) is 25.2 Å². The molecule has 0 radical (unpaired) electrons. The number of rotatable bonds is 5. The predicted molar refractivity (Wildman–Crippen MR) is 75.4 cm³/mol. The molecule has 0 aliphatic heterocycles. The molecule has 102 valence electrons. The van der Waals surface area contributed by atoms with Crippen LogP contribution in [0.25, 0.3) is 0 Å². The van der Waals surface area contributed by atoms with Crippen molar-refractivity contribution in [1.82, 2.24) is 4.90 Å². The van der Waals surface area contributed by atoms with E-state index in [1.54, 1.807) is 0 Å². The Morgan fingerprint density at radius 3 is 1.89 bits per heavy atom. The van der Waals surface area contributed by atoms with Crippen molar-refractivity contribution in [3.63, 3.8) is 0 Å². The van der Waals surface area contributed by atoms with Crippen molar-refractivity contribution in [3.8, 4) is 0 Å². The monoisotopic (exact) mass is 251 g/mol. The first kappa shape index (κ1) is 16.6. The molecule has 3 heteroatoms.